The van der Waals surface area contributed by atoms with E-state index in [4.69, 9.17) is 4.74 Å². The Morgan fingerprint density at radius 3 is 2.89 bits per heavy atom. The zero-order valence-electron chi connectivity index (χ0n) is 16.5. The van der Waals surface area contributed by atoms with Gasteiger partial charge in [0.2, 0.25) is 0 Å². The highest BCUT2D eigenvalue weighted by molar-refractivity contribution is 7.99. The average molecular weight is 389 g/mol. The Balaban J connectivity index is 1.58. The summed E-state index contributed by atoms with van der Waals surface area (Å²) in [5, 5.41) is 9.13. The minimum absolute atomic E-state index is 0.0345. The fourth-order valence-corrected chi connectivity index (χ4v) is 4.46. The zero-order valence-corrected chi connectivity index (χ0v) is 17.3. The third-order valence-electron chi connectivity index (χ3n) is 5.32. The predicted octanol–water partition coefficient (Wildman–Crippen LogP) is 3.97. The number of nitrogens with zero attached hydrogens (tertiary/aromatic N) is 4. The van der Waals surface area contributed by atoms with Gasteiger partial charge >= 0.3 is 5.97 Å². The van der Waals surface area contributed by atoms with Crippen molar-refractivity contribution in [1.29, 1.82) is 0 Å². The molecule has 1 fully saturated rings. The van der Waals surface area contributed by atoms with E-state index in [0.717, 1.165) is 24.2 Å². The van der Waals surface area contributed by atoms with E-state index in [9.17, 15) is 4.79 Å². The summed E-state index contributed by atoms with van der Waals surface area (Å²) in [5.74, 6) is 2.42. The lowest BCUT2D eigenvalue weighted by atomic mass is 9.75. The average Bonchev–Trinajstić information content (AvgIpc) is 3.01. The van der Waals surface area contributed by atoms with Crippen LogP contribution in [0.5, 0.6) is 0 Å². The first-order valence-corrected chi connectivity index (χ1v) is 10.6. The number of hydrogen-bond donors (Lipinski definition) is 0. The third-order valence-corrected chi connectivity index (χ3v) is 6.31. The maximum absolute atomic E-state index is 12.4. The van der Waals surface area contributed by atoms with E-state index < -0.39 is 0 Å². The maximum Gasteiger partial charge on any atom is 0.316 e. The van der Waals surface area contributed by atoms with Gasteiger partial charge in [-0.05, 0) is 42.7 Å². The van der Waals surface area contributed by atoms with E-state index in [-0.39, 0.29) is 17.8 Å². The number of ether oxygens (including phenoxy) is 1. The summed E-state index contributed by atoms with van der Waals surface area (Å²) in [5.41, 5.74) is 0.901. The lowest BCUT2D eigenvalue weighted by molar-refractivity contribution is -0.152. The van der Waals surface area contributed by atoms with Crippen LogP contribution in [0, 0.1) is 17.8 Å². The van der Waals surface area contributed by atoms with Gasteiger partial charge in [0.15, 0.2) is 11.0 Å². The van der Waals surface area contributed by atoms with E-state index in [1.54, 1.807) is 12.4 Å². The first-order chi connectivity index (χ1) is 13.0. The smallest absolute Gasteiger partial charge is 0.316 e. The zero-order chi connectivity index (χ0) is 19.4. The second kappa shape index (κ2) is 8.87. The van der Waals surface area contributed by atoms with Gasteiger partial charge in [0.1, 0.15) is 6.10 Å². The van der Waals surface area contributed by atoms with Crippen molar-refractivity contribution in [2.45, 2.75) is 51.3 Å². The van der Waals surface area contributed by atoms with Crippen LogP contribution in [0.4, 0.5) is 0 Å². The Labute approximate surface area is 165 Å². The van der Waals surface area contributed by atoms with Crippen molar-refractivity contribution in [1.82, 2.24) is 19.7 Å². The molecule has 146 valence electrons. The van der Waals surface area contributed by atoms with Gasteiger partial charge in [0, 0.05) is 25.0 Å². The topological polar surface area (TPSA) is 69.9 Å². The summed E-state index contributed by atoms with van der Waals surface area (Å²) in [4.78, 5) is 16.6. The van der Waals surface area contributed by atoms with Crippen LogP contribution in [0.15, 0.2) is 29.7 Å². The predicted molar refractivity (Wildman–Crippen MR) is 106 cm³/mol. The van der Waals surface area contributed by atoms with Crippen LogP contribution < -0.4 is 0 Å². The van der Waals surface area contributed by atoms with Gasteiger partial charge in [-0.2, -0.15) is 0 Å². The van der Waals surface area contributed by atoms with Crippen molar-refractivity contribution in [3.63, 3.8) is 0 Å². The summed E-state index contributed by atoms with van der Waals surface area (Å²) in [6.07, 6.45) is 6.84. The molecule has 27 heavy (non-hydrogen) atoms. The van der Waals surface area contributed by atoms with Crippen molar-refractivity contribution >= 4 is 17.7 Å². The number of rotatable bonds is 6. The van der Waals surface area contributed by atoms with Gasteiger partial charge in [0.25, 0.3) is 0 Å². The Bertz CT molecular complexity index is 763. The molecule has 2 aromatic rings. The lowest BCUT2D eigenvalue weighted by Gasteiger charge is -2.36. The molecule has 0 N–H and O–H groups in total. The number of esters is 1. The highest BCUT2D eigenvalue weighted by Gasteiger charge is 2.33. The monoisotopic (exact) mass is 388 g/mol. The highest BCUT2D eigenvalue weighted by atomic mass is 32.2. The molecule has 0 aromatic carbocycles. The van der Waals surface area contributed by atoms with Gasteiger partial charge in [-0.3, -0.25) is 9.78 Å². The van der Waals surface area contributed by atoms with E-state index in [1.165, 1.54) is 18.2 Å². The number of carbonyl (C=O) groups excluding carboxylic acids is 1. The van der Waals surface area contributed by atoms with E-state index in [1.807, 2.05) is 23.7 Å². The quantitative estimate of drug-likeness (QED) is 0.551. The number of carbonyl (C=O) groups is 1. The van der Waals surface area contributed by atoms with Gasteiger partial charge in [-0.1, -0.05) is 39.0 Å². The van der Waals surface area contributed by atoms with Crippen LogP contribution in [0.3, 0.4) is 0 Å². The Hall–Kier alpha value is -1.89. The molecule has 1 saturated carbocycles. The SMILES string of the molecule is CC1CCC(C(C)C)C(OC(=O)CSc2nnc(-c3cccnc3)n2C)C1. The molecule has 0 bridgehead atoms. The number of aromatic nitrogens is 4. The van der Waals surface area contributed by atoms with Gasteiger partial charge in [-0.25, -0.2) is 0 Å². The van der Waals surface area contributed by atoms with Crippen LogP contribution in [0.25, 0.3) is 11.4 Å². The van der Waals surface area contributed by atoms with Crippen LogP contribution in [-0.2, 0) is 16.6 Å². The van der Waals surface area contributed by atoms with Gasteiger partial charge in [-0.15, -0.1) is 10.2 Å². The fraction of sp³-hybridized carbons (Fsp3) is 0.600. The van der Waals surface area contributed by atoms with E-state index >= 15 is 0 Å². The number of thioether (sulfide) groups is 1. The van der Waals surface area contributed by atoms with Gasteiger partial charge in [0.05, 0.1) is 5.75 Å². The molecule has 0 spiro atoms. The number of hydrogen-bond acceptors (Lipinski definition) is 6. The minimum atomic E-state index is -0.171. The second-order valence-electron chi connectivity index (χ2n) is 7.75. The first-order valence-electron chi connectivity index (χ1n) is 9.57. The van der Waals surface area contributed by atoms with Gasteiger partial charge < -0.3 is 9.30 Å². The highest BCUT2D eigenvalue weighted by Crippen LogP contribution is 2.35. The number of pyridine rings is 1. The molecule has 0 amide bonds. The normalized spacial score (nSPS) is 22.8. The van der Waals surface area contributed by atoms with Crippen LogP contribution in [0.2, 0.25) is 0 Å². The van der Waals surface area contributed by atoms with Crippen molar-refractivity contribution in [3.8, 4) is 11.4 Å². The molecule has 3 atom stereocenters. The molecule has 3 unspecified atom stereocenters. The van der Waals surface area contributed by atoms with Crippen molar-refractivity contribution in [2.75, 3.05) is 5.75 Å². The molecule has 6 nitrogen and oxygen atoms in total. The molecule has 0 aliphatic heterocycles. The summed E-state index contributed by atoms with van der Waals surface area (Å²) in [6, 6.07) is 3.81. The van der Waals surface area contributed by atoms with Crippen molar-refractivity contribution in [3.05, 3.63) is 24.5 Å². The van der Waals surface area contributed by atoms with E-state index in [2.05, 4.69) is 36.0 Å². The maximum atomic E-state index is 12.4. The summed E-state index contributed by atoms with van der Waals surface area (Å²) < 4.78 is 7.74. The van der Waals surface area contributed by atoms with Crippen LogP contribution >= 0.6 is 11.8 Å². The third kappa shape index (κ3) is 4.89. The second-order valence-corrected chi connectivity index (χ2v) is 8.69. The Morgan fingerprint density at radius 2 is 2.19 bits per heavy atom. The molecular formula is C20H28N4O2S. The van der Waals surface area contributed by atoms with Crippen molar-refractivity contribution < 1.29 is 9.53 Å². The summed E-state index contributed by atoms with van der Waals surface area (Å²) in [7, 11) is 1.90. The largest absolute Gasteiger partial charge is 0.461 e. The molecular weight excluding hydrogens is 360 g/mol. The van der Waals surface area contributed by atoms with Crippen LogP contribution in [-0.4, -0.2) is 37.6 Å². The molecule has 7 heteroatoms. The molecule has 2 heterocycles. The molecule has 3 rings (SSSR count). The van der Waals surface area contributed by atoms with Crippen LogP contribution in [0.1, 0.15) is 40.0 Å². The molecule has 0 radical (unpaired) electrons. The molecule has 1 aliphatic carbocycles. The Morgan fingerprint density at radius 1 is 1.37 bits per heavy atom. The summed E-state index contributed by atoms with van der Waals surface area (Å²) in [6.45, 7) is 6.68. The lowest BCUT2D eigenvalue weighted by Crippen LogP contribution is -2.36. The van der Waals surface area contributed by atoms with E-state index in [0.29, 0.717) is 22.9 Å². The first kappa shape index (κ1) is 19.9. The summed E-state index contributed by atoms with van der Waals surface area (Å²) >= 11 is 1.36. The fourth-order valence-electron chi connectivity index (χ4n) is 3.76. The minimum Gasteiger partial charge on any atom is -0.461 e. The Kier molecular flexibility index (Phi) is 6.52. The molecule has 1 aliphatic rings. The molecule has 2 aromatic heterocycles. The van der Waals surface area contributed by atoms with Crippen molar-refractivity contribution in [2.24, 2.45) is 24.8 Å². The molecule has 0 saturated heterocycles. The standard InChI is InChI=1S/C20H28N4O2S/c1-13(2)16-8-7-14(3)10-17(16)26-18(25)12-27-20-23-22-19(24(20)4)15-6-5-9-21-11-15/h5-6,9,11,13-14,16-17H,7-8,10,12H2,1-4H3.